The Morgan fingerprint density at radius 3 is 2.57 bits per heavy atom. The van der Waals surface area contributed by atoms with Gasteiger partial charge in [-0.2, -0.15) is 0 Å². The van der Waals surface area contributed by atoms with Crippen LogP contribution in [0.4, 0.5) is 0 Å². The molecule has 0 saturated heterocycles. The number of para-hydroxylation sites is 1. The van der Waals surface area contributed by atoms with E-state index in [1.54, 1.807) is 0 Å². The van der Waals surface area contributed by atoms with Gasteiger partial charge in [-0.05, 0) is 66.7 Å². The molecule has 3 nitrogen and oxygen atoms in total. The Morgan fingerprint density at radius 1 is 1.00 bits per heavy atom. The topological polar surface area (TPSA) is 42.0 Å². The second-order valence-corrected chi connectivity index (χ2v) is 8.51. The number of aromatic nitrogens is 1. The number of nitrogens with zero attached hydrogens (tertiary/aromatic N) is 1. The first-order valence-electron chi connectivity index (χ1n) is 10.4. The maximum absolute atomic E-state index is 12.7. The minimum atomic E-state index is 0.214. The molecule has 1 unspecified atom stereocenters. The van der Waals surface area contributed by atoms with Crippen molar-refractivity contribution < 1.29 is 4.79 Å². The third-order valence-corrected chi connectivity index (χ3v) is 6.92. The molecule has 2 aromatic carbocycles. The van der Waals surface area contributed by atoms with E-state index in [-0.39, 0.29) is 17.2 Å². The summed E-state index contributed by atoms with van der Waals surface area (Å²) in [6.45, 7) is 0.637. The molecule has 2 saturated carbocycles. The van der Waals surface area contributed by atoms with Crippen LogP contribution in [0.15, 0.2) is 66.9 Å². The molecule has 1 amide bonds. The van der Waals surface area contributed by atoms with Crippen molar-refractivity contribution in [2.75, 3.05) is 0 Å². The summed E-state index contributed by atoms with van der Waals surface area (Å²) >= 11 is 0. The number of benzene rings is 2. The molecule has 3 heteroatoms. The van der Waals surface area contributed by atoms with E-state index in [0.717, 1.165) is 24.8 Å². The molecule has 28 heavy (non-hydrogen) atoms. The second-order valence-electron chi connectivity index (χ2n) is 8.51. The van der Waals surface area contributed by atoms with Gasteiger partial charge in [-0.15, -0.1) is 0 Å². The lowest BCUT2D eigenvalue weighted by Crippen LogP contribution is -2.28. The van der Waals surface area contributed by atoms with Crippen LogP contribution in [-0.2, 0) is 11.3 Å². The molecule has 1 N–H and O–H groups in total. The zero-order chi connectivity index (χ0) is 19.0. The third kappa shape index (κ3) is 3.19. The quantitative estimate of drug-likeness (QED) is 0.684. The average Bonchev–Trinajstić information content (AvgIpc) is 3.46. The zero-order valence-corrected chi connectivity index (χ0v) is 16.1. The Labute approximate surface area is 166 Å². The summed E-state index contributed by atoms with van der Waals surface area (Å²) in [6, 6.07) is 20.8. The maximum Gasteiger partial charge on any atom is 0.223 e. The van der Waals surface area contributed by atoms with Crippen molar-refractivity contribution in [3.8, 4) is 0 Å². The molecule has 3 aromatic rings. The Hall–Kier alpha value is -2.68. The van der Waals surface area contributed by atoms with Gasteiger partial charge >= 0.3 is 0 Å². The Kier molecular flexibility index (Phi) is 4.38. The Bertz CT molecular complexity index is 984. The highest BCUT2D eigenvalue weighted by Crippen LogP contribution is 2.63. The van der Waals surface area contributed by atoms with Crippen molar-refractivity contribution in [3.63, 3.8) is 0 Å². The summed E-state index contributed by atoms with van der Waals surface area (Å²) in [5.41, 5.74) is 3.95. The molecular weight excluding hydrogens is 344 g/mol. The van der Waals surface area contributed by atoms with E-state index in [1.807, 2.05) is 24.4 Å². The molecule has 0 radical (unpaired) electrons. The number of hydrogen-bond donors (Lipinski definition) is 1. The summed E-state index contributed by atoms with van der Waals surface area (Å²) in [5, 5.41) is 4.44. The normalized spacial score (nSPS) is 26.3. The number of amides is 1. The van der Waals surface area contributed by atoms with Crippen molar-refractivity contribution in [1.29, 1.82) is 0 Å². The fraction of sp³-hybridized carbons (Fsp3) is 0.360. The van der Waals surface area contributed by atoms with Crippen LogP contribution in [0.3, 0.4) is 0 Å². The van der Waals surface area contributed by atoms with Gasteiger partial charge in [0, 0.05) is 24.0 Å². The van der Waals surface area contributed by atoms with Gasteiger partial charge in [-0.1, -0.05) is 48.5 Å². The Morgan fingerprint density at radius 2 is 1.75 bits per heavy atom. The van der Waals surface area contributed by atoms with Crippen LogP contribution in [-0.4, -0.2) is 10.9 Å². The standard InChI is InChI=1S/C25H26N2O/c28-24(27-17-18-6-2-1-3-7-18)22-16-25(22)13-10-19(11-14-25)20-12-15-26-23-9-5-4-8-21(20)23/h1-9,12,15,19,22H,10-11,13-14,16-17H2,(H,27,28). The number of pyridine rings is 1. The van der Waals surface area contributed by atoms with Crippen LogP contribution >= 0.6 is 0 Å². The van der Waals surface area contributed by atoms with E-state index in [9.17, 15) is 4.79 Å². The van der Waals surface area contributed by atoms with Gasteiger partial charge in [-0.3, -0.25) is 9.78 Å². The van der Waals surface area contributed by atoms with Gasteiger partial charge in [-0.25, -0.2) is 0 Å². The molecule has 0 bridgehead atoms. The first-order valence-corrected chi connectivity index (χ1v) is 10.4. The largest absolute Gasteiger partial charge is 0.352 e. The maximum atomic E-state index is 12.7. The monoisotopic (exact) mass is 370 g/mol. The number of rotatable bonds is 4. The van der Waals surface area contributed by atoms with Crippen LogP contribution in [0.1, 0.15) is 49.1 Å². The number of fused-ring (bicyclic) bond motifs is 1. The third-order valence-electron chi connectivity index (χ3n) is 6.92. The molecule has 142 valence electrons. The fourth-order valence-corrected chi connectivity index (χ4v) is 5.16. The molecule has 0 aliphatic heterocycles. The zero-order valence-electron chi connectivity index (χ0n) is 16.1. The molecular formula is C25H26N2O. The van der Waals surface area contributed by atoms with Crippen LogP contribution in [0.25, 0.3) is 10.9 Å². The summed E-state index contributed by atoms with van der Waals surface area (Å²) in [7, 11) is 0. The van der Waals surface area contributed by atoms with Crippen molar-refractivity contribution in [3.05, 3.63) is 78.0 Å². The molecule has 2 aliphatic rings. The minimum absolute atomic E-state index is 0.214. The van der Waals surface area contributed by atoms with E-state index < -0.39 is 0 Å². The first-order chi connectivity index (χ1) is 13.8. The lowest BCUT2D eigenvalue weighted by Gasteiger charge is -2.30. The summed E-state index contributed by atoms with van der Waals surface area (Å²) in [6.07, 6.45) is 7.69. The molecule has 1 heterocycles. The van der Waals surface area contributed by atoms with Gasteiger partial charge in [0.1, 0.15) is 0 Å². The molecule has 1 atom stereocenters. The van der Waals surface area contributed by atoms with E-state index in [4.69, 9.17) is 0 Å². The number of carbonyl (C=O) groups excluding carboxylic acids is 1. The Balaban J connectivity index is 1.21. The smallest absolute Gasteiger partial charge is 0.223 e. The lowest BCUT2D eigenvalue weighted by atomic mass is 9.75. The highest BCUT2D eigenvalue weighted by Gasteiger charge is 2.58. The summed E-state index contributed by atoms with van der Waals surface area (Å²) < 4.78 is 0. The van der Waals surface area contributed by atoms with E-state index in [1.165, 1.54) is 29.4 Å². The predicted octanol–water partition coefficient (Wildman–Crippen LogP) is 5.22. The van der Waals surface area contributed by atoms with Crippen molar-refractivity contribution in [2.24, 2.45) is 11.3 Å². The van der Waals surface area contributed by atoms with E-state index in [0.29, 0.717) is 12.5 Å². The highest BCUT2D eigenvalue weighted by molar-refractivity contribution is 5.83. The molecule has 5 rings (SSSR count). The van der Waals surface area contributed by atoms with Crippen LogP contribution in [0.2, 0.25) is 0 Å². The molecule has 1 spiro atoms. The van der Waals surface area contributed by atoms with Gasteiger partial charge < -0.3 is 5.32 Å². The van der Waals surface area contributed by atoms with Gasteiger partial charge in [0.05, 0.1) is 5.52 Å². The van der Waals surface area contributed by atoms with Gasteiger partial charge in [0.15, 0.2) is 0 Å². The van der Waals surface area contributed by atoms with Crippen molar-refractivity contribution >= 4 is 16.8 Å². The number of hydrogen-bond acceptors (Lipinski definition) is 2. The average molecular weight is 370 g/mol. The first kappa shape index (κ1) is 17.4. The van der Waals surface area contributed by atoms with Crippen molar-refractivity contribution in [1.82, 2.24) is 10.3 Å². The highest BCUT2D eigenvalue weighted by atomic mass is 16.2. The molecule has 1 aromatic heterocycles. The van der Waals surface area contributed by atoms with Crippen LogP contribution in [0.5, 0.6) is 0 Å². The minimum Gasteiger partial charge on any atom is -0.352 e. The number of nitrogens with one attached hydrogen (secondary N) is 1. The summed E-state index contributed by atoms with van der Waals surface area (Å²) in [4.78, 5) is 17.2. The number of carbonyl (C=O) groups is 1. The van der Waals surface area contributed by atoms with Gasteiger partial charge in [0.2, 0.25) is 5.91 Å². The van der Waals surface area contributed by atoms with Crippen molar-refractivity contribution in [2.45, 2.75) is 44.6 Å². The molecule has 2 fully saturated rings. The van der Waals surface area contributed by atoms with E-state index in [2.05, 4.69) is 52.8 Å². The van der Waals surface area contributed by atoms with Gasteiger partial charge in [0.25, 0.3) is 0 Å². The van der Waals surface area contributed by atoms with E-state index >= 15 is 0 Å². The lowest BCUT2D eigenvalue weighted by molar-refractivity contribution is -0.123. The van der Waals surface area contributed by atoms with Crippen LogP contribution in [0, 0.1) is 11.3 Å². The predicted molar refractivity (Wildman–Crippen MR) is 112 cm³/mol. The molecule has 2 aliphatic carbocycles. The van der Waals surface area contributed by atoms with Crippen LogP contribution < -0.4 is 5.32 Å². The second kappa shape index (κ2) is 7.05. The fourth-order valence-electron chi connectivity index (χ4n) is 5.16. The summed E-state index contributed by atoms with van der Waals surface area (Å²) in [5.74, 6) is 1.05. The SMILES string of the molecule is O=C(NCc1ccccc1)C1CC12CCC(c1ccnc3ccccc13)CC2.